The molecule has 0 radical (unpaired) electrons. The highest BCUT2D eigenvalue weighted by Gasteiger charge is 2.09. The van der Waals surface area contributed by atoms with Crippen LogP contribution in [0.3, 0.4) is 0 Å². The van der Waals surface area contributed by atoms with E-state index in [0.717, 1.165) is 0 Å². The van der Waals surface area contributed by atoms with Crippen molar-refractivity contribution in [3.63, 3.8) is 0 Å². The van der Waals surface area contributed by atoms with Crippen molar-refractivity contribution in [3.8, 4) is 0 Å². The molecular formula is C18H18FN3O4. The second-order valence-corrected chi connectivity index (χ2v) is 5.13. The molecule has 0 saturated heterocycles. The number of hydrogen-bond donors (Lipinski definition) is 3. The normalized spacial score (nSPS) is 9.92. The van der Waals surface area contributed by atoms with Crippen LogP contribution in [0, 0.1) is 5.82 Å². The van der Waals surface area contributed by atoms with E-state index in [4.69, 9.17) is 4.74 Å². The maximum absolute atomic E-state index is 13.4. The number of anilines is 2. The van der Waals surface area contributed by atoms with Gasteiger partial charge in [0.25, 0.3) is 0 Å². The second-order valence-electron chi connectivity index (χ2n) is 5.13. The number of hydrogen-bond acceptors (Lipinski definition) is 4. The molecule has 7 nitrogen and oxygen atoms in total. The number of urea groups is 1. The van der Waals surface area contributed by atoms with Gasteiger partial charge in [-0.05, 0) is 43.3 Å². The first-order chi connectivity index (χ1) is 12.5. The van der Waals surface area contributed by atoms with Crippen LogP contribution in [-0.2, 0) is 9.53 Å². The number of carbonyl (C=O) groups is 3. The number of carbonyl (C=O) groups excluding carboxylic acids is 3. The molecule has 8 heteroatoms. The van der Waals surface area contributed by atoms with Crippen molar-refractivity contribution in [2.45, 2.75) is 6.92 Å². The lowest BCUT2D eigenvalue weighted by molar-refractivity contribution is -0.115. The van der Waals surface area contributed by atoms with E-state index in [2.05, 4.69) is 16.0 Å². The van der Waals surface area contributed by atoms with Crippen LogP contribution >= 0.6 is 0 Å². The van der Waals surface area contributed by atoms with Crippen LogP contribution in [0.5, 0.6) is 0 Å². The summed E-state index contributed by atoms with van der Waals surface area (Å²) in [4.78, 5) is 35.1. The number of rotatable bonds is 6. The van der Waals surface area contributed by atoms with Gasteiger partial charge in [-0.3, -0.25) is 4.79 Å². The van der Waals surface area contributed by atoms with Crippen molar-refractivity contribution >= 4 is 29.3 Å². The largest absolute Gasteiger partial charge is 0.462 e. The molecule has 0 fully saturated rings. The fourth-order valence-electron chi connectivity index (χ4n) is 2.00. The summed E-state index contributed by atoms with van der Waals surface area (Å²) in [5, 5.41) is 7.22. The molecule has 26 heavy (non-hydrogen) atoms. The molecule has 3 amide bonds. The summed E-state index contributed by atoms with van der Waals surface area (Å²) in [6, 6.07) is 11.2. The van der Waals surface area contributed by atoms with Crippen LogP contribution in [0.1, 0.15) is 17.3 Å². The Bertz CT molecular complexity index is 793. The highest BCUT2D eigenvalue weighted by Crippen LogP contribution is 2.12. The van der Waals surface area contributed by atoms with Crippen molar-refractivity contribution in [1.29, 1.82) is 0 Å². The van der Waals surface area contributed by atoms with Crippen molar-refractivity contribution in [1.82, 2.24) is 5.32 Å². The van der Waals surface area contributed by atoms with E-state index in [1.54, 1.807) is 13.0 Å². The van der Waals surface area contributed by atoms with Gasteiger partial charge in [0.15, 0.2) is 0 Å². The summed E-state index contributed by atoms with van der Waals surface area (Å²) in [6.07, 6.45) is 0. The van der Waals surface area contributed by atoms with Gasteiger partial charge in [-0.15, -0.1) is 0 Å². The van der Waals surface area contributed by atoms with Gasteiger partial charge in [0.05, 0.1) is 24.4 Å². The van der Waals surface area contributed by atoms with Crippen molar-refractivity contribution in [3.05, 3.63) is 59.9 Å². The molecular weight excluding hydrogens is 341 g/mol. The molecule has 0 spiro atoms. The first-order valence-corrected chi connectivity index (χ1v) is 7.86. The number of esters is 1. The van der Waals surface area contributed by atoms with Crippen molar-refractivity contribution < 1.29 is 23.5 Å². The molecule has 2 rings (SSSR count). The van der Waals surface area contributed by atoms with Gasteiger partial charge in [0.1, 0.15) is 5.82 Å². The Hall–Kier alpha value is -3.42. The SMILES string of the molecule is CCOC(=O)c1ccc(NC(=O)NCC(=O)Nc2ccccc2F)cc1. The lowest BCUT2D eigenvalue weighted by atomic mass is 10.2. The molecule has 0 heterocycles. The van der Waals surface area contributed by atoms with Crippen LogP contribution in [-0.4, -0.2) is 31.1 Å². The molecule has 0 atom stereocenters. The number of benzene rings is 2. The zero-order valence-corrected chi connectivity index (χ0v) is 14.0. The Morgan fingerprint density at radius 1 is 1.00 bits per heavy atom. The molecule has 0 saturated carbocycles. The minimum atomic E-state index is -0.613. The summed E-state index contributed by atoms with van der Waals surface area (Å²) in [7, 11) is 0. The average molecular weight is 359 g/mol. The molecule has 136 valence electrons. The summed E-state index contributed by atoms with van der Waals surface area (Å²) >= 11 is 0. The monoisotopic (exact) mass is 359 g/mol. The maximum atomic E-state index is 13.4. The van der Waals surface area contributed by atoms with Gasteiger partial charge < -0.3 is 20.7 Å². The lowest BCUT2D eigenvalue weighted by Gasteiger charge is -2.09. The first-order valence-electron chi connectivity index (χ1n) is 7.86. The van der Waals surface area contributed by atoms with E-state index in [1.807, 2.05) is 0 Å². The lowest BCUT2D eigenvalue weighted by Crippen LogP contribution is -2.35. The minimum Gasteiger partial charge on any atom is -0.462 e. The van der Waals surface area contributed by atoms with Crippen LogP contribution in [0.4, 0.5) is 20.6 Å². The van der Waals surface area contributed by atoms with Gasteiger partial charge >= 0.3 is 12.0 Å². The predicted octanol–water partition coefficient (Wildman–Crippen LogP) is 2.76. The van der Waals surface area contributed by atoms with Crippen molar-refractivity contribution in [2.24, 2.45) is 0 Å². The average Bonchev–Trinajstić information content (AvgIpc) is 2.63. The van der Waals surface area contributed by atoms with Gasteiger partial charge in [-0.1, -0.05) is 12.1 Å². The highest BCUT2D eigenvalue weighted by atomic mass is 19.1. The Morgan fingerprint density at radius 2 is 1.69 bits per heavy atom. The molecule has 2 aromatic carbocycles. The Labute approximate surface area is 149 Å². The predicted molar refractivity (Wildman–Crippen MR) is 94.4 cm³/mol. The van der Waals surface area contributed by atoms with Gasteiger partial charge in [-0.25, -0.2) is 14.0 Å². The van der Waals surface area contributed by atoms with E-state index >= 15 is 0 Å². The van der Waals surface area contributed by atoms with Crippen LogP contribution < -0.4 is 16.0 Å². The molecule has 0 aliphatic carbocycles. The summed E-state index contributed by atoms with van der Waals surface area (Å²) in [5.41, 5.74) is 0.835. The summed E-state index contributed by atoms with van der Waals surface area (Å²) in [5.74, 6) is -1.58. The number of ether oxygens (including phenoxy) is 1. The molecule has 0 bridgehead atoms. The summed E-state index contributed by atoms with van der Waals surface area (Å²) < 4.78 is 18.3. The van der Waals surface area contributed by atoms with E-state index < -0.39 is 23.7 Å². The number of halogens is 1. The van der Waals surface area contributed by atoms with Crippen LogP contribution in [0.15, 0.2) is 48.5 Å². The first kappa shape index (κ1) is 18.9. The molecule has 0 aliphatic rings. The molecule has 0 unspecified atom stereocenters. The Balaban J connectivity index is 1.80. The Morgan fingerprint density at radius 3 is 2.35 bits per heavy atom. The van der Waals surface area contributed by atoms with Gasteiger partial charge in [0, 0.05) is 5.69 Å². The molecule has 0 aromatic heterocycles. The number of amides is 3. The van der Waals surface area contributed by atoms with E-state index in [9.17, 15) is 18.8 Å². The second kappa shape index (κ2) is 9.16. The highest BCUT2D eigenvalue weighted by molar-refractivity contribution is 5.97. The molecule has 3 N–H and O–H groups in total. The maximum Gasteiger partial charge on any atom is 0.338 e. The van der Waals surface area contributed by atoms with E-state index in [1.165, 1.54) is 42.5 Å². The van der Waals surface area contributed by atoms with Crippen molar-refractivity contribution in [2.75, 3.05) is 23.8 Å². The quantitative estimate of drug-likeness (QED) is 0.691. The summed E-state index contributed by atoms with van der Waals surface area (Å²) in [6.45, 7) is 1.65. The standard InChI is InChI=1S/C18H18FN3O4/c1-2-26-17(24)12-7-9-13(10-8-12)21-18(25)20-11-16(23)22-15-6-4-3-5-14(15)19/h3-10H,2,11H2,1H3,(H,22,23)(H2,20,21,25). The third-order valence-electron chi connectivity index (χ3n) is 3.21. The van der Waals surface area contributed by atoms with Crippen LogP contribution in [0.25, 0.3) is 0 Å². The fourth-order valence-corrected chi connectivity index (χ4v) is 2.00. The minimum absolute atomic E-state index is 0.0364. The Kier molecular flexibility index (Phi) is 6.67. The fraction of sp³-hybridized carbons (Fsp3) is 0.167. The van der Waals surface area contributed by atoms with E-state index in [-0.39, 0.29) is 18.8 Å². The third-order valence-corrected chi connectivity index (χ3v) is 3.21. The number of para-hydroxylation sites is 1. The molecule has 2 aromatic rings. The zero-order chi connectivity index (χ0) is 18.9. The third kappa shape index (κ3) is 5.59. The topological polar surface area (TPSA) is 96.5 Å². The van der Waals surface area contributed by atoms with Crippen LogP contribution in [0.2, 0.25) is 0 Å². The molecule has 0 aliphatic heterocycles. The zero-order valence-electron chi connectivity index (χ0n) is 14.0. The van der Waals surface area contributed by atoms with Gasteiger partial charge in [-0.2, -0.15) is 0 Å². The smallest absolute Gasteiger partial charge is 0.338 e. The van der Waals surface area contributed by atoms with Gasteiger partial charge in [0.2, 0.25) is 5.91 Å². The van der Waals surface area contributed by atoms with E-state index in [0.29, 0.717) is 11.3 Å². The number of nitrogens with one attached hydrogen (secondary N) is 3.